The number of rotatable bonds is 7. The smallest absolute Gasteiger partial charge is 0.262 e. The number of amides is 2. The van der Waals surface area contributed by atoms with Crippen LogP contribution in [-0.4, -0.2) is 47.2 Å². The topological polar surface area (TPSA) is 92.6 Å². The number of nitrogens with zero attached hydrogens (tertiary/aromatic N) is 3. The van der Waals surface area contributed by atoms with Gasteiger partial charge in [0.05, 0.1) is 26.0 Å². The summed E-state index contributed by atoms with van der Waals surface area (Å²) < 4.78 is 10.5. The molecule has 2 aliphatic rings. The zero-order valence-electron chi connectivity index (χ0n) is 21.4. The van der Waals surface area contributed by atoms with Crippen LogP contribution in [-0.2, 0) is 9.59 Å². The standard InChI is InChI=1S/C29H28N4O4S/c1-18-9-11-19(12-10-18)22-16-23(20-7-5-4-6-8-20)33(32-22)29-31-28(35)26(38-29)17-27(34)30-21-13-14-24(36-2)25(15-21)37-3/h4-15,23,26H,16-17H2,1-3H3,(H,30,34). The molecule has 0 aliphatic carbocycles. The number of aryl methyl sites for hydroxylation is 1. The van der Waals surface area contributed by atoms with Gasteiger partial charge in [-0.2, -0.15) is 10.1 Å². The van der Waals surface area contributed by atoms with Gasteiger partial charge in [-0.05, 0) is 30.2 Å². The number of aliphatic imine (C=N–C) groups is 1. The van der Waals surface area contributed by atoms with E-state index in [9.17, 15) is 9.59 Å². The highest BCUT2D eigenvalue weighted by Crippen LogP contribution is 2.38. The predicted molar refractivity (Wildman–Crippen MR) is 150 cm³/mol. The summed E-state index contributed by atoms with van der Waals surface area (Å²) in [5, 5.41) is 9.45. The summed E-state index contributed by atoms with van der Waals surface area (Å²) in [4.78, 5) is 30.0. The summed E-state index contributed by atoms with van der Waals surface area (Å²) in [5.74, 6) is 0.447. The largest absolute Gasteiger partial charge is 0.493 e. The quantitative estimate of drug-likeness (QED) is 0.454. The number of nitrogens with one attached hydrogen (secondary N) is 1. The number of hydrogen-bond acceptors (Lipinski definition) is 7. The molecule has 2 heterocycles. The van der Waals surface area contributed by atoms with Crippen LogP contribution in [0.5, 0.6) is 11.5 Å². The fraction of sp³-hybridized carbons (Fsp3) is 0.241. The van der Waals surface area contributed by atoms with Gasteiger partial charge in [-0.1, -0.05) is 71.9 Å². The average molecular weight is 529 g/mol. The summed E-state index contributed by atoms with van der Waals surface area (Å²) in [7, 11) is 3.08. The maximum absolute atomic E-state index is 12.8. The Bertz CT molecular complexity index is 1410. The highest BCUT2D eigenvalue weighted by Gasteiger charge is 2.39. The molecular weight excluding hydrogens is 500 g/mol. The fourth-order valence-electron chi connectivity index (χ4n) is 4.44. The molecule has 8 nitrogen and oxygen atoms in total. The summed E-state index contributed by atoms with van der Waals surface area (Å²) in [6.45, 7) is 2.05. The zero-order chi connectivity index (χ0) is 26.6. The molecule has 5 rings (SSSR count). The van der Waals surface area contributed by atoms with E-state index < -0.39 is 5.25 Å². The molecule has 2 atom stereocenters. The van der Waals surface area contributed by atoms with E-state index in [-0.39, 0.29) is 24.3 Å². The number of methoxy groups -OCH3 is 2. The van der Waals surface area contributed by atoms with E-state index in [0.717, 1.165) is 16.8 Å². The molecule has 2 aliphatic heterocycles. The van der Waals surface area contributed by atoms with Crippen LogP contribution in [0, 0.1) is 6.92 Å². The average Bonchev–Trinajstić information content (AvgIpc) is 3.53. The monoisotopic (exact) mass is 528 g/mol. The van der Waals surface area contributed by atoms with E-state index in [1.807, 2.05) is 23.2 Å². The van der Waals surface area contributed by atoms with Crippen LogP contribution in [0.1, 0.15) is 35.6 Å². The first-order valence-corrected chi connectivity index (χ1v) is 13.1. The molecule has 0 bridgehead atoms. The van der Waals surface area contributed by atoms with E-state index in [4.69, 9.17) is 14.6 Å². The van der Waals surface area contributed by atoms with Crippen molar-refractivity contribution in [2.24, 2.45) is 10.1 Å². The lowest BCUT2D eigenvalue weighted by Gasteiger charge is -2.23. The van der Waals surface area contributed by atoms with E-state index in [0.29, 0.717) is 28.8 Å². The van der Waals surface area contributed by atoms with Crippen molar-refractivity contribution in [3.8, 4) is 11.5 Å². The van der Waals surface area contributed by atoms with Crippen LogP contribution in [0.4, 0.5) is 5.69 Å². The minimum Gasteiger partial charge on any atom is -0.493 e. The molecule has 1 N–H and O–H groups in total. The Labute approximate surface area is 225 Å². The summed E-state index contributed by atoms with van der Waals surface area (Å²) >= 11 is 1.28. The number of ether oxygens (including phenoxy) is 2. The minimum absolute atomic E-state index is 0.0107. The second-order valence-electron chi connectivity index (χ2n) is 9.05. The van der Waals surface area contributed by atoms with Gasteiger partial charge < -0.3 is 14.8 Å². The van der Waals surface area contributed by atoms with Gasteiger partial charge in [0, 0.05) is 24.6 Å². The number of carbonyl (C=O) groups excluding carboxylic acids is 2. The molecule has 3 aromatic carbocycles. The Morgan fingerprint density at radius 2 is 1.76 bits per heavy atom. The third kappa shape index (κ3) is 5.43. The minimum atomic E-state index is -0.625. The van der Waals surface area contributed by atoms with Crippen molar-refractivity contribution in [1.29, 1.82) is 0 Å². The lowest BCUT2D eigenvalue weighted by atomic mass is 9.98. The van der Waals surface area contributed by atoms with Crippen LogP contribution in [0.25, 0.3) is 0 Å². The number of benzene rings is 3. The van der Waals surface area contributed by atoms with E-state index >= 15 is 0 Å². The van der Waals surface area contributed by atoms with Crippen molar-refractivity contribution in [2.75, 3.05) is 19.5 Å². The first-order valence-electron chi connectivity index (χ1n) is 12.2. The molecule has 2 unspecified atom stereocenters. The summed E-state index contributed by atoms with van der Waals surface area (Å²) in [6, 6.07) is 23.4. The normalized spacial score (nSPS) is 18.7. The van der Waals surface area contributed by atoms with Gasteiger partial charge in [-0.15, -0.1) is 0 Å². The second kappa shape index (κ2) is 11.1. The predicted octanol–water partition coefficient (Wildman–Crippen LogP) is 5.19. The van der Waals surface area contributed by atoms with Crippen molar-refractivity contribution in [2.45, 2.75) is 31.1 Å². The highest BCUT2D eigenvalue weighted by molar-refractivity contribution is 8.15. The number of hydrazone groups is 1. The van der Waals surface area contributed by atoms with Crippen molar-refractivity contribution < 1.29 is 19.1 Å². The Hall–Kier alpha value is -4.11. The van der Waals surface area contributed by atoms with Crippen LogP contribution >= 0.6 is 11.8 Å². The molecule has 0 aromatic heterocycles. The SMILES string of the molecule is COc1ccc(NC(=O)CC2SC(N3N=C(c4ccc(C)cc4)CC3c3ccccc3)=NC2=O)cc1OC. The van der Waals surface area contributed by atoms with Gasteiger partial charge in [-0.3, -0.25) is 9.59 Å². The van der Waals surface area contributed by atoms with E-state index in [1.54, 1.807) is 25.3 Å². The molecule has 2 amide bonds. The Kier molecular flexibility index (Phi) is 7.46. The number of anilines is 1. The maximum atomic E-state index is 12.8. The summed E-state index contributed by atoms with van der Waals surface area (Å²) in [5.41, 5.74) is 4.80. The fourth-order valence-corrected chi connectivity index (χ4v) is 5.50. The van der Waals surface area contributed by atoms with Crippen LogP contribution in [0.15, 0.2) is 82.9 Å². The van der Waals surface area contributed by atoms with Crippen molar-refractivity contribution in [3.63, 3.8) is 0 Å². The second-order valence-corrected chi connectivity index (χ2v) is 10.2. The van der Waals surface area contributed by atoms with Crippen molar-refractivity contribution in [3.05, 3.63) is 89.5 Å². The zero-order valence-corrected chi connectivity index (χ0v) is 22.2. The van der Waals surface area contributed by atoms with Gasteiger partial charge in [0.1, 0.15) is 5.25 Å². The van der Waals surface area contributed by atoms with Gasteiger partial charge in [0.2, 0.25) is 5.91 Å². The molecule has 194 valence electrons. The Morgan fingerprint density at radius 3 is 2.47 bits per heavy atom. The molecule has 0 radical (unpaired) electrons. The van der Waals surface area contributed by atoms with E-state index in [1.165, 1.54) is 24.4 Å². The van der Waals surface area contributed by atoms with Crippen molar-refractivity contribution >= 4 is 40.1 Å². The molecule has 0 saturated carbocycles. The first-order chi connectivity index (χ1) is 18.4. The third-order valence-electron chi connectivity index (χ3n) is 6.44. The molecule has 38 heavy (non-hydrogen) atoms. The summed E-state index contributed by atoms with van der Waals surface area (Å²) in [6.07, 6.45) is 0.675. The number of amidine groups is 1. The number of hydrogen-bond donors (Lipinski definition) is 1. The Morgan fingerprint density at radius 1 is 1.03 bits per heavy atom. The first kappa shape index (κ1) is 25.5. The maximum Gasteiger partial charge on any atom is 0.262 e. The third-order valence-corrected chi connectivity index (χ3v) is 7.58. The van der Waals surface area contributed by atoms with Gasteiger partial charge in [0.15, 0.2) is 16.7 Å². The molecule has 0 saturated heterocycles. The van der Waals surface area contributed by atoms with Crippen molar-refractivity contribution in [1.82, 2.24) is 5.01 Å². The van der Waals surface area contributed by atoms with E-state index in [2.05, 4.69) is 53.6 Å². The molecule has 0 spiro atoms. The van der Waals surface area contributed by atoms with Gasteiger partial charge in [0.25, 0.3) is 5.91 Å². The molecule has 9 heteroatoms. The van der Waals surface area contributed by atoms with Gasteiger partial charge >= 0.3 is 0 Å². The number of thioether (sulfide) groups is 1. The molecule has 0 fully saturated rings. The number of carbonyl (C=O) groups is 2. The van der Waals surface area contributed by atoms with Crippen LogP contribution < -0.4 is 14.8 Å². The van der Waals surface area contributed by atoms with Gasteiger partial charge in [-0.25, -0.2) is 5.01 Å². The highest BCUT2D eigenvalue weighted by atomic mass is 32.2. The Balaban J connectivity index is 1.31. The molecular formula is C29H28N4O4S. The molecule has 3 aromatic rings. The van der Waals surface area contributed by atoms with Crippen LogP contribution in [0.3, 0.4) is 0 Å². The lowest BCUT2D eigenvalue weighted by Crippen LogP contribution is -2.25. The lowest BCUT2D eigenvalue weighted by molar-refractivity contribution is -0.121. The van der Waals surface area contributed by atoms with Crippen LogP contribution in [0.2, 0.25) is 0 Å².